The number of anilines is 1. The Morgan fingerprint density at radius 1 is 1.32 bits per heavy atom. The van der Waals surface area contributed by atoms with Crippen LogP contribution in [-0.4, -0.2) is 32.8 Å². The number of morpholine rings is 1. The van der Waals surface area contributed by atoms with Crippen LogP contribution >= 0.6 is 0 Å². The molecule has 0 amide bonds. The van der Waals surface area contributed by atoms with Gasteiger partial charge in [0.25, 0.3) is 0 Å². The van der Waals surface area contributed by atoms with Gasteiger partial charge in [-0.1, -0.05) is 12.1 Å². The quantitative estimate of drug-likeness (QED) is 0.875. The lowest BCUT2D eigenvalue weighted by Crippen LogP contribution is -2.36. The van der Waals surface area contributed by atoms with Gasteiger partial charge in [-0.3, -0.25) is 0 Å². The van der Waals surface area contributed by atoms with Gasteiger partial charge in [0.05, 0.1) is 25.2 Å². The van der Waals surface area contributed by atoms with E-state index in [2.05, 4.69) is 40.6 Å². The van der Waals surface area contributed by atoms with Crippen LogP contribution in [0.2, 0.25) is 0 Å². The minimum absolute atomic E-state index is 0.0626. The fourth-order valence-electron chi connectivity index (χ4n) is 2.12. The van der Waals surface area contributed by atoms with Gasteiger partial charge >= 0.3 is 0 Å². The second-order valence-electron chi connectivity index (χ2n) is 4.93. The Balaban J connectivity index is 1.82. The summed E-state index contributed by atoms with van der Waals surface area (Å²) in [5, 5.41) is 12.0. The highest BCUT2D eigenvalue weighted by atomic mass is 16.5. The molecule has 0 aliphatic carbocycles. The molecule has 1 unspecified atom stereocenters. The van der Waals surface area contributed by atoms with E-state index in [9.17, 15) is 0 Å². The van der Waals surface area contributed by atoms with E-state index < -0.39 is 0 Å². The molecule has 1 atom stereocenters. The fourth-order valence-corrected chi connectivity index (χ4v) is 2.12. The third-order valence-electron chi connectivity index (χ3n) is 3.31. The van der Waals surface area contributed by atoms with Crippen LogP contribution in [0.4, 0.5) is 5.69 Å². The van der Waals surface area contributed by atoms with Crippen LogP contribution in [0, 0.1) is 17.2 Å². The van der Waals surface area contributed by atoms with Crippen LogP contribution in [0.5, 0.6) is 0 Å². The molecule has 1 heterocycles. The molecular formula is C15H21N3O. The lowest BCUT2D eigenvalue weighted by Gasteiger charge is -2.28. The van der Waals surface area contributed by atoms with E-state index in [0.717, 1.165) is 39.4 Å². The third-order valence-corrected chi connectivity index (χ3v) is 3.31. The average Bonchev–Trinajstić information content (AvgIpc) is 2.48. The monoisotopic (exact) mass is 259 g/mol. The molecule has 0 radical (unpaired) electrons. The van der Waals surface area contributed by atoms with Crippen LogP contribution in [0.15, 0.2) is 24.3 Å². The summed E-state index contributed by atoms with van der Waals surface area (Å²) in [7, 11) is 0. The van der Waals surface area contributed by atoms with Gasteiger partial charge in [-0.05, 0) is 24.6 Å². The number of nitrogens with zero attached hydrogens (tertiary/aromatic N) is 2. The Kier molecular flexibility index (Phi) is 5.20. The molecule has 1 aromatic carbocycles. The molecule has 102 valence electrons. The summed E-state index contributed by atoms with van der Waals surface area (Å²) in [6.07, 6.45) is 0. The van der Waals surface area contributed by atoms with Crippen molar-refractivity contribution in [2.24, 2.45) is 5.92 Å². The van der Waals surface area contributed by atoms with Gasteiger partial charge in [0.1, 0.15) is 0 Å². The highest BCUT2D eigenvalue weighted by Crippen LogP contribution is 2.16. The summed E-state index contributed by atoms with van der Waals surface area (Å²) in [6.45, 7) is 7.05. The van der Waals surface area contributed by atoms with Gasteiger partial charge in [0, 0.05) is 31.9 Å². The largest absolute Gasteiger partial charge is 0.378 e. The molecule has 1 aliphatic rings. The molecule has 4 nitrogen and oxygen atoms in total. The number of hydrogen-bond acceptors (Lipinski definition) is 4. The molecule has 4 heteroatoms. The van der Waals surface area contributed by atoms with Crippen molar-refractivity contribution < 1.29 is 4.74 Å². The van der Waals surface area contributed by atoms with Crippen LogP contribution in [0.1, 0.15) is 12.5 Å². The smallest absolute Gasteiger partial charge is 0.0666 e. The van der Waals surface area contributed by atoms with Crippen molar-refractivity contribution in [1.82, 2.24) is 5.32 Å². The third kappa shape index (κ3) is 4.23. The van der Waals surface area contributed by atoms with Crippen molar-refractivity contribution >= 4 is 5.69 Å². The second-order valence-corrected chi connectivity index (χ2v) is 4.93. The van der Waals surface area contributed by atoms with Crippen molar-refractivity contribution in [1.29, 1.82) is 5.26 Å². The van der Waals surface area contributed by atoms with Crippen LogP contribution in [0.25, 0.3) is 0 Å². The molecule has 0 bridgehead atoms. The molecule has 0 saturated carbocycles. The SMILES string of the molecule is CC(C#N)CNCc1ccc(N2CCOCC2)cc1. The Morgan fingerprint density at radius 3 is 2.63 bits per heavy atom. The summed E-state index contributed by atoms with van der Waals surface area (Å²) in [6, 6.07) is 10.8. The minimum Gasteiger partial charge on any atom is -0.378 e. The van der Waals surface area contributed by atoms with Gasteiger partial charge in [-0.25, -0.2) is 0 Å². The van der Waals surface area contributed by atoms with E-state index in [1.807, 2.05) is 6.92 Å². The normalized spacial score (nSPS) is 16.9. The molecule has 0 aromatic heterocycles. The molecule has 19 heavy (non-hydrogen) atoms. The molecule has 2 rings (SSSR count). The molecule has 0 spiro atoms. The maximum Gasteiger partial charge on any atom is 0.0666 e. The first-order valence-corrected chi connectivity index (χ1v) is 6.81. The summed E-state index contributed by atoms with van der Waals surface area (Å²) >= 11 is 0. The van der Waals surface area contributed by atoms with Crippen LogP contribution in [0.3, 0.4) is 0 Å². The zero-order valence-corrected chi connectivity index (χ0v) is 11.4. The molecule has 1 fully saturated rings. The van der Waals surface area contributed by atoms with Crippen molar-refractivity contribution in [2.75, 3.05) is 37.7 Å². The molecule has 1 N–H and O–H groups in total. The second kappa shape index (κ2) is 7.13. The Bertz CT molecular complexity index is 418. The summed E-state index contributed by atoms with van der Waals surface area (Å²) < 4.78 is 5.35. The van der Waals surface area contributed by atoms with E-state index in [4.69, 9.17) is 10.00 Å². The van der Waals surface area contributed by atoms with E-state index in [1.54, 1.807) is 0 Å². The fraction of sp³-hybridized carbons (Fsp3) is 0.533. The highest BCUT2D eigenvalue weighted by Gasteiger charge is 2.10. The van der Waals surface area contributed by atoms with Crippen LogP contribution in [-0.2, 0) is 11.3 Å². The van der Waals surface area contributed by atoms with Gasteiger partial charge in [0.15, 0.2) is 0 Å². The average molecular weight is 259 g/mol. The van der Waals surface area contributed by atoms with E-state index in [-0.39, 0.29) is 5.92 Å². The molecule has 1 saturated heterocycles. The van der Waals surface area contributed by atoms with Crippen LogP contribution < -0.4 is 10.2 Å². The van der Waals surface area contributed by atoms with E-state index in [1.165, 1.54) is 11.3 Å². The minimum atomic E-state index is 0.0626. The first kappa shape index (κ1) is 13.9. The van der Waals surface area contributed by atoms with E-state index in [0.29, 0.717) is 0 Å². The first-order chi connectivity index (χ1) is 9.29. The Hall–Kier alpha value is -1.57. The predicted molar refractivity (Wildman–Crippen MR) is 76.0 cm³/mol. The molecule has 1 aliphatic heterocycles. The topological polar surface area (TPSA) is 48.3 Å². The number of hydrogen-bond donors (Lipinski definition) is 1. The number of nitriles is 1. The summed E-state index contributed by atoms with van der Waals surface area (Å²) in [4.78, 5) is 2.35. The number of ether oxygens (including phenoxy) is 1. The maximum atomic E-state index is 8.71. The van der Waals surface area contributed by atoms with Gasteiger partial charge < -0.3 is 15.0 Å². The zero-order valence-electron chi connectivity index (χ0n) is 11.4. The first-order valence-electron chi connectivity index (χ1n) is 6.81. The van der Waals surface area contributed by atoms with Crippen molar-refractivity contribution in [3.8, 4) is 6.07 Å². The summed E-state index contributed by atoms with van der Waals surface area (Å²) in [5.74, 6) is 0.0626. The zero-order chi connectivity index (χ0) is 13.5. The van der Waals surface area contributed by atoms with Crippen molar-refractivity contribution in [3.05, 3.63) is 29.8 Å². The number of benzene rings is 1. The summed E-state index contributed by atoms with van der Waals surface area (Å²) in [5.41, 5.74) is 2.51. The predicted octanol–water partition coefficient (Wildman–Crippen LogP) is 1.77. The highest BCUT2D eigenvalue weighted by molar-refractivity contribution is 5.47. The lowest BCUT2D eigenvalue weighted by atomic mass is 10.1. The van der Waals surface area contributed by atoms with E-state index >= 15 is 0 Å². The van der Waals surface area contributed by atoms with Gasteiger partial charge in [0.2, 0.25) is 0 Å². The van der Waals surface area contributed by atoms with Crippen molar-refractivity contribution in [3.63, 3.8) is 0 Å². The number of rotatable bonds is 5. The van der Waals surface area contributed by atoms with Crippen molar-refractivity contribution in [2.45, 2.75) is 13.5 Å². The van der Waals surface area contributed by atoms with Gasteiger partial charge in [-0.2, -0.15) is 5.26 Å². The van der Waals surface area contributed by atoms with Gasteiger partial charge in [-0.15, -0.1) is 0 Å². The molecule has 1 aromatic rings. The lowest BCUT2D eigenvalue weighted by molar-refractivity contribution is 0.122. The molecular weight excluding hydrogens is 238 g/mol. The maximum absolute atomic E-state index is 8.71. The Labute approximate surface area is 115 Å². The Morgan fingerprint density at radius 2 is 2.00 bits per heavy atom. The standard InChI is InChI=1S/C15H21N3O/c1-13(10-16)11-17-12-14-2-4-15(5-3-14)18-6-8-19-9-7-18/h2-5,13,17H,6-9,11-12H2,1H3. The number of nitrogens with one attached hydrogen (secondary N) is 1.